The number of nitriles is 2. The Morgan fingerprint density at radius 3 is 1.26 bits per heavy atom. The van der Waals surface area contributed by atoms with E-state index in [0.29, 0.717) is 48.6 Å². The van der Waals surface area contributed by atoms with Crippen LogP contribution < -0.4 is 20.1 Å². The molecule has 0 bridgehead atoms. The van der Waals surface area contributed by atoms with Crippen LogP contribution >= 0.6 is 0 Å². The molecule has 216 valence electrons. The Hall–Kier alpha value is -5.60. The third-order valence-electron chi connectivity index (χ3n) is 6.63. The largest absolute Gasteiger partial charge is 0.494 e. The number of hydrogen-bond acceptors (Lipinski definition) is 6. The van der Waals surface area contributed by atoms with Crippen LogP contribution in [0.15, 0.2) is 97.1 Å². The Labute approximate surface area is 251 Å². The number of carbonyl (C=O) groups excluding carboxylic acids is 2. The average Bonchev–Trinajstić information content (AvgIpc) is 3.06. The van der Waals surface area contributed by atoms with Crippen LogP contribution in [0.5, 0.6) is 11.5 Å². The van der Waals surface area contributed by atoms with E-state index < -0.39 is 0 Å². The molecule has 0 aromatic heterocycles. The Kier molecular flexibility index (Phi) is 11.3. The maximum Gasteiger partial charge on any atom is 0.251 e. The van der Waals surface area contributed by atoms with Gasteiger partial charge in [-0.3, -0.25) is 9.59 Å². The minimum Gasteiger partial charge on any atom is -0.494 e. The predicted molar refractivity (Wildman–Crippen MR) is 162 cm³/mol. The summed E-state index contributed by atoms with van der Waals surface area (Å²) in [4.78, 5) is 24.6. The summed E-state index contributed by atoms with van der Waals surface area (Å²) in [6, 6.07) is 32.4. The standard InChI is InChI=1S/C35H32N4O4/c36-22-26-4-12-30(13-5-26)34(40)38-24-28-8-16-32(17-9-28)42-20-2-1-3-21-43-33-18-10-29(11-19-33)25-39-35(41)31-14-6-27(23-37)7-15-31/h4-19H,1-3,20-21,24-25H2,(H,38,40)(H,39,41). The van der Waals surface area contributed by atoms with E-state index in [4.69, 9.17) is 20.0 Å². The summed E-state index contributed by atoms with van der Waals surface area (Å²) >= 11 is 0. The average molecular weight is 573 g/mol. The number of carbonyl (C=O) groups is 2. The topological polar surface area (TPSA) is 124 Å². The molecule has 4 rings (SSSR count). The van der Waals surface area contributed by atoms with Crippen molar-refractivity contribution in [2.24, 2.45) is 0 Å². The molecular weight excluding hydrogens is 540 g/mol. The van der Waals surface area contributed by atoms with Gasteiger partial charge in [0.15, 0.2) is 0 Å². The Balaban J connectivity index is 1.05. The number of benzene rings is 4. The number of nitrogens with one attached hydrogen (secondary N) is 2. The Morgan fingerprint density at radius 2 is 0.907 bits per heavy atom. The van der Waals surface area contributed by atoms with Gasteiger partial charge in [-0.1, -0.05) is 24.3 Å². The molecule has 2 amide bonds. The quantitative estimate of drug-likeness (QED) is 0.181. The molecule has 0 spiro atoms. The van der Waals surface area contributed by atoms with Crippen LogP contribution in [0.4, 0.5) is 0 Å². The van der Waals surface area contributed by atoms with Gasteiger partial charge in [0.2, 0.25) is 0 Å². The molecule has 0 radical (unpaired) electrons. The highest BCUT2D eigenvalue weighted by Gasteiger charge is 2.07. The second-order valence-electron chi connectivity index (χ2n) is 9.79. The van der Waals surface area contributed by atoms with Crippen molar-refractivity contribution in [1.82, 2.24) is 10.6 Å². The smallest absolute Gasteiger partial charge is 0.251 e. The van der Waals surface area contributed by atoms with Crippen molar-refractivity contribution in [1.29, 1.82) is 10.5 Å². The molecule has 0 atom stereocenters. The third kappa shape index (κ3) is 9.77. The van der Waals surface area contributed by atoms with Gasteiger partial charge in [0, 0.05) is 24.2 Å². The summed E-state index contributed by atoms with van der Waals surface area (Å²) in [6.45, 7) is 2.02. The monoisotopic (exact) mass is 572 g/mol. The van der Waals surface area contributed by atoms with Crippen LogP contribution in [0.1, 0.15) is 62.2 Å². The molecule has 0 aliphatic carbocycles. The highest BCUT2D eigenvalue weighted by molar-refractivity contribution is 5.94. The zero-order valence-electron chi connectivity index (χ0n) is 23.7. The lowest BCUT2D eigenvalue weighted by Gasteiger charge is -2.10. The molecule has 0 saturated carbocycles. The van der Waals surface area contributed by atoms with Crippen molar-refractivity contribution in [2.45, 2.75) is 32.4 Å². The van der Waals surface area contributed by atoms with Gasteiger partial charge in [-0.2, -0.15) is 10.5 Å². The maximum absolute atomic E-state index is 12.3. The fourth-order valence-corrected chi connectivity index (χ4v) is 4.13. The molecule has 0 aliphatic rings. The number of rotatable bonds is 14. The van der Waals surface area contributed by atoms with E-state index >= 15 is 0 Å². The first kappa shape index (κ1) is 30.4. The maximum atomic E-state index is 12.3. The van der Waals surface area contributed by atoms with E-state index in [1.165, 1.54) is 0 Å². The zero-order chi connectivity index (χ0) is 30.3. The van der Waals surface area contributed by atoms with Crippen LogP contribution in [-0.2, 0) is 13.1 Å². The Morgan fingerprint density at radius 1 is 0.535 bits per heavy atom. The van der Waals surface area contributed by atoms with E-state index in [0.717, 1.165) is 41.9 Å². The predicted octanol–water partition coefficient (Wildman–Crippen LogP) is 5.92. The van der Waals surface area contributed by atoms with Gasteiger partial charge in [-0.05, 0) is 103 Å². The summed E-state index contributed by atoms with van der Waals surface area (Å²) < 4.78 is 11.7. The zero-order valence-corrected chi connectivity index (χ0v) is 23.7. The van der Waals surface area contributed by atoms with Crippen molar-refractivity contribution >= 4 is 11.8 Å². The van der Waals surface area contributed by atoms with Crippen molar-refractivity contribution in [3.8, 4) is 23.6 Å². The second kappa shape index (κ2) is 16.0. The number of amides is 2. The van der Waals surface area contributed by atoms with E-state index in [2.05, 4.69) is 10.6 Å². The van der Waals surface area contributed by atoms with Crippen LogP contribution in [0.3, 0.4) is 0 Å². The molecule has 0 fully saturated rings. The number of ether oxygens (including phenoxy) is 2. The second-order valence-corrected chi connectivity index (χ2v) is 9.79. The lowest BCUT2D eigenvalue weighted by molar-refractivity contribution is 0.0943. The molecule has 0 heterocycles. The van der Waals surface area contributed by atoms with Gasteiger partial charge in [0.05, 0.1) is 36.5 Å². The van der Waals surface area contributed by atoms with E-state index in [1.807, 2.05) is 60.7 Å². The van der Waals surface area contributed by atoms with Crippen LogP contribution in [0.25, 0.3) is 0 Å². The molecule has 0 saturated heterocycles. The first-order valence-electron chi connectivity index (χ1n) is 14.0. The van der Waals surface area contributed by atoms with Gasteiger partial charge in [-0.25, -0.2) is 0 Å². The highest BCUT2D eigenvalue weighted by atomic mass is 16.5. The number of hydrogen-bond donors (Lipinski definition) is 2. The summed E-state index contributed by atoms with van der Waals surface area (Å²) in [5.41, 5.74) is 4.00. The van der Waals surface area contributed by atoms with E-state index in [1.54, 1.807) is 48.5 Å². The fourth-order valence-electron chi connectivity index (χ4n) is 4.13. The fraction of sp³-hybridized carbons (Fsp3) is 0.200. The number of nitrogens with zero attached hydrogens (tertiary/aromatic N) is 2. The first-order chi connectivity index (χ1) is 21.0. The third-order valence-corrected chi connectivity index (χ3v) is 6.63. The Bertz CT molecular complexity index is 1450. The van der Waals surface area contributed by atoms with Gasteiger partial charge in [0.1, 0.15) is 11.5 Å². The minimum absolute atomic E-state index is 0.187. The lowest BCUT2D eigenvalue weighted by atomic mass is 10.1. The van der Waals surface area contributed by atoms with Crippen molar-refractivity contribution < 1.29 is 19.1 Å². The van der Waals surface area contributed by atoms with Crippen molar-refractivity contribution in [2.75, 3.05) is 13.2 Å². The molecule has 4 aromatic carbocycles. The molecule has 43 heavy (non-hydrogen) atoms. The SMILES string of the molecule is N#Cc1ccc(C(=O)NCc2ccc(OCCCCCOc3ccc(CNC(=O)c4ccc(C#N)cc4)cc3)cc2)cc1. The molecule has 0 aliphatic heterocycles. The molecule has 0 unspecified atom stereocenters. The van der Waals surface area contributed by atoms with Gasteiger partial charge >= 0.3 is 0 Å². The highest BCUT2D eigenvalue weighted by Crippen LogP contribution is 2.15. The molecule has 8 nitrogen and oxygen atoms in total. The van der Waals surface area contributed by atoms with Crippen molar-refractivity contribution in [3.05, 3.63) is 130 Å². The van der Waals surface area contributed by atoms with Crippen molar-refractivity contribution in [3.63, 3.8) is 0 Å². The molecule has 2 N–H and O–H groups in total. The molecule has 8 heteroatoms. The minimum atomic E-state index is -0.187. The summed E-state index contributed by atoms with van der Waals surface area (Å²) in [7, 11) is 0. The molecule has 4 aromatic rings. The van der Waals surface area contributed by atoms with Gasteiger partial charge in [0.25, 0.3) is 11.8 Å². The summed E-state index contributed by atoms with van der Waals surface area (Å²) in [6.07, 6.45) is 2.78. The number of unbranched alkanes of at least 4 members (excludes halogenated alkanes) is 2. The summed E-state index contributed by atoms with van der Waals surface area (Å²) in [5, 5.41) is 23.5. The summed E-state index contributed by atoms with van der Waals surface area (Å²) in [5.74, 6) is 1.19. The lowest BCUT2D eigenvalue weighted by Crippen LogP contribution is -2.22. The van der Waals surface area contributed by atoms with E-state index in [-0.39, 0.29) is 11.8 Å². The van der Waals surface area contributed by atoms with Gasteiger partial charge in [-0.15, -0.1) is 0 Å². The normalized spacial score (nSPS) is 10.2. The molecular formula is C35H32N4O4. The van der Waals surface area contributed by atoms with Crippen LogP contribution in [0.2, 0.25) is 0 Å². The van der Waals surface area contributed by atoms with Crippen LogP contribution in [0, 0.1) is 22.7 Å². The van der Waals surface area contributed by atoms with Gasteiger partial charge < -0.3 is 20.1 Å². The first-order valence-corrected chi connectivity index (χ1v) is 14.0. The van der Waals surface area contributed by atoms with E-state index in [9.17, 15) is 9.59 Å². The van der Waals surface area contributed by atoms with Crippen LogP contribution in [-0.4, -0.2) is 25.0 Å².